The molecule has 0 saturated heterocycles. The van der Waals surface area contributed by atoms with Gasteiger partial charge in [0, 0.05) is 47.9 Å². The van der Waals surface area contributed by atoms with Crippen molar-refractivity contribution in [2.24, 2.45) is 0 Å². The smallest absolute Gasteiger partial charge is 0.255 e. The Kier molecular flexibility index (Phi) is 7.80. The number of benzene rings is 2. The molecule has 11 nitrogen and oxygen atoms in total. The van der Waals surface area contributed by atoms with Crippen LogP contribution in [0.2, 0.25) is 0 Å². The average molecular weight is 631 g/mol. The number of nitrogens with one attached hydrogen (secondary N) is 4. The molecule has 0 aliphatic carbocycles. The Bertz CT molecular complexity index is 2250. The van der Waals surface area contributed by atoms with E-state index in [4.69, 9.17) is 4.98 Å². The van der Waals surface area contributed by atoms with E-state index >= 15 is 4.39 Å². The zero-order valence-corrected chi connectivity index (χ0v) is 25.3. The van der Waals surface area contributed by atoms with Crippen LogP contribution in [0.25, 0.3) is 55.8 Å². The van der Waals surface area contributed by atoms with Gasteiger partial charge >= 0.3 is 0 Å². The number of fused-ring (bicyclic) bond motifs is 2. The minimum atomic E-state index is -0.642. The molecule has 0 fully saturated rings. The summed E-state index contributed by atoms with van der Waals surface area (Å²) in [4.78, 5) is 35.5. The van der Waals surface area contributed by atoms with E-state index in [1.165, 1.54) is 30.7 Å². The van der Waals surface area contributed by atoms with Crippen molar-refractivity contribution in [2.75, 3.05) is 37.8 Å². The van der Waals surface area contributed by atoms with Crippen molar-refractivity contribution in [3.8, 4) is 33.9 Å². The second kappa shape index (κ2) is 12.4. The van der Waals surface area contributed by atoms with Crippen LogP contribution in [-0.2, 0) is 0 Å². The Morgan fingerprint density at radius 1 is 0.872 bits per heavy atom. The first kappa shape index (κ1) is 29.6. The topological polar surface area (TPSA) is 140 Å². The molecule has 0 aliphatic rings. The number of aromatic nitrogens is 7. The number of hydrogen-bond donors (Lipinski definition) is 4. The lowest BCUT2D eigenvalue weighted by Crippen LogP contribution is -2.20. The van der Waals surface area contributed by atoms with Crippen LogP contribution in [0.5, 0.6) is 0 Å². The number of halogens is 2. The Morgan fingerprint density at radius 2 is 1.68 bits per heavy atom. The quantitative estimate of drug-likeness (QED) is 0.149. The Hall–Kier alpha value is -6.08. The highest BCUT2D eigenvalue weighted by atomic mass is 19.1. The summed E-state index contributed by atoms with van der Waals surface area (Å²) in [5.74, 6) is -1.07. The summed E-state index contributed by atoms with van der Waals surface area (Å²) in [5.41, 5.74) is 4.76. The number of amides is 1. The molecule has 47 heavy (non-hydrogen) atoms. The summed E-state index contributed by atoms with van der Waals surface area (Å²) in [5, 5.41) is 13.4. The van der Waals surface area contributed by atoms with Crippen LogP contribution >= 0.6 is 0 Å². The van der Waals surface area contributed by atoms with Crippen LogP contribution in [0.3, 0.4) is 0 Å². The molecule has 13 heteroatoms. The Balaban J connectivity index is 1.24. The van der Waals surface area contributed by atoms with E-state index < -0.39 is 11.6 Å². The summed E-state index contributed by atoms with van der Waals surface area (Å²) in [6.07, 6.45) is 7.65. The van der Waals surface area contributed by atoms with Gasteiger partial charge in [-0.1, -0.05) is 18.2 Å². The standard InChI is InChI=1S/C34H28F2N10O/c1-46(2)9-8-39-23-11-20(10-22(35)13-23)25-16-38-17-27-31(25)43-33(42-27)32-28-26(44-45-32)18-40-30(29(28)36)21-12-24(15-37-14-21)41-34(47)19-6-4-3-5-7-19/h3-7,10-18,39H,8-9H2,1-2H3,(H,41,47)(H,42,43)(H,44,45). The van der Waals surface area contributed by atoms with Crippen LogP contribution in [0.4, 0.5) is 20.2 Å². The maximum Gasteiger partial charge on any atom is 0.255 e. The second-order valence-electron chi connectivity index (χ2n) is 11.2. The second-order valence-corrected chi connectivity index (χ2v) is 11.2. The third-order valence-corrected chi connectivity index (χ3v) is 7.57. The lowest BCUT2D eigenvalue weighted by Gasteiger charge is -2.12. The normalized spacial score (nSPS) is 11.4. The van der Waals surface area contributed by atoms with Gasteiger partial charge < -0.3 is 20.5 Å². The summed E-state index contributed by atoms with van der Waals surface area (Å²) in [7, 11) is 3.94. The summed E-state index contributed by atoms with van der Waals surface area (Å²) >= 11 is 0. The van der Waals surface area contributed by atoms with Crippen LogP contribution in [0.1, 0.15) is 10.4 Å². The van der Waals surface area contributed by atoms with Crippen molar-refractivity contribution in [1.82, 2.24) is 40.0 Å². The predicted octanol–water partition coefficient (Wildman–Crippen LogP) is 6.13. The molecule has 0 spiro atoms. The first-order valence-corrected chi connectivity index (χ1v) is 14.7. The van der Waals surface area contributed by atoms with E-state index in [2.05, 4.69) is 40.8 Å². The van der Waals surface area contributed by atoms with Crippen LogP contribution in [-0.4, -0.2) is 73.1 Å². The number of likely N-dealkylation sites (N-methyl/N-ethyl adjacent to an activating group) is 1. The SMILES string of the molecule is CN(C)CCNc1cc(F)cc(-c2cncc3[nH]c(-c4n[nH]c5cnc(-c6cncc(NC(=O)c7ccccc7)c6)c(F)c45)nc23)c1. The number of carbonyl (C=O) groups excluding carboxylic acids is 1. The van der Waals surface area contributed by atoms with Crippen LogP contribution in [0.15, 0.2) is 85.6 Å². The molecule has 2 aromatic carbocycles. The molecule has 234 valence electrons. The largest absolute Gasteiger partial charge is 0.384 e. The average Bonchev–Trinajstić information content (AvgIpc) is 3.70. The molecule has 7 aromatic rings. The van der Waals surface area contributed by atoms with E-state index in [1.807, 2.05) is 31.1 Å². The highest BCUT2D eigenvalue weighted by Crippen LogP contribution is 2.35. The number of anilines is 2. The van der Waals surface area contributed by atoms with E-state index in [1.54, 1.807) is 42.7 Å². The number of pyridine rings is 3. The third kappa shape index (κ3) is 5.99. The van der Waals surface area contributed by atoms with E-state index in [9.17, 15) is 9.18 Å². The molecule has 0 unspecified atom stereocenters. The van der Waals surface area contributed by atoms with Crippen molar-refractivity contribution in [1.29, 1.82) is 0 Å². The lowest BCUT2D eigenvalue weighted by molar-refractivity contribution is 0.102. The van der Waals surface area contributed by atoms with Gasteiger partial charge in [-0.15, -0.1) is 0 Å². The van der Waals surface area contributed by atoms with Crippen molar-refractivity contribution in [3.63, 3.8) is 0 Å². The fraction of sp³-hybridized carbons (Fsp3) is 0.118. The van der Waals surface area contributed by atoms with Gasteiger partial charge in [0.15, 0.2) is 11.6 Å². The first-order valence-electron chi connectivity index (χ1n) is 14.7. The number of H-pyrrole nitrogens is 2. The fourth-order valence-corrected chi connectivity index (χ4v) is 5.31. The minimum absolute atomic E-state index is 0.0241. The van der Waals surface area contributed by atoms with Gasteiger partial charge in [-0.05, 0) is 56.1 Å². The highest BCUT2D eigenvalue weighted by molar-refractivity contribution is 6.04. The van der Waals surface area contributed by atoms with Gasteiger partial charge in [-0.3, -0.25) is 24.8 Å². The monoisotopic (exact) mass is 630 g/mol. The molecule has 1 amide bonds. The molecule has 0 bridgehead atoms. The number of carbonyl (C=O) groups is 1. The third-order valence-electron chi connectivity index (χ3n) is 7.57. The Morgan fingerprint density at radius 3 is 2.51 bits per heavy atom. The van der Waals surface area contributed by atoms with Gasteiger partial charge in [0.05, 0.1) is 46.2 Å². The molecule has 4 N–H and O–H groups in total. The van der Waals surface area contributed by atoms with Gasteiger partial charge in [-0.25, -0.2) is 13.8 Å². The lowest BCUT2D eigenvalue weighted by atomic mass is 10.1. The number of hydrogen-bond acceptors (Lipinski definition) is 8. The number of imidazole rings is 1. The van der Waals surface area contributed by atoms with E-state index in [0.717, 1.165) is 6.54 Å². The maximum atomic E-state index is 16.3. The Labute approximate surface area is 267 Å². The zero-order valence-electron chi connectivity index (χ0n) is 25.3. The molecule has 0 aliphatic heterocycles. The molecule has 0 atom stereocenters. The van der Waals surface area contributed by atoms with Crippen molar-refractivity contribution < 1.29 is 13.6 Å². The molecule has 7 rings (SSSR count). The van der Waals surface area contributed by atoms with Gasteiger partial charge in [0.25, 0.3) is 5.91 Å². The summed E-state index contributed by atoms with van der Waals surface area (Å²) < 4.78 is 31.0. The molecule has 5 aromatic heterocycles. The van der Waals surface area contributed by atoms with Crippen molar-refractivity contribution in [2.45, 2.75) is 0 Å². The van der Waals surface area contributed by atoms with Crippen LogP contribution < -0.4 is 10.6 Å². The highest BCUT2D eigenvalue weighted by Gasteiger charge is 2.22. The van der Waals surface area contributed by atoms with E-state index in [0.29, 0.717) is 62.5 Å². The molecule has 0 radical (unpaired) electrons. The van der Waals surface area contributed by atoms with Gasteiger partial charge in [0.2, 0.25) is 0 Å². The summed E-state index contributed by atoms with van der Waals surface area (Å²) in [6.45, 7) is 1.42. The fourth-order valence-electron chi connectivity index (χ4n) is 5.31. The molecule has 0 saturated carbocycles. The maximum absolute atomic E-state index is 16.3. The molecule has 5 heterocycles. The number of rotatable bonds is 9. The summed E-state index contributed by atoms with van der Waals surface area (Å²) in [6, 6.07) is 15.1. The van der Waals surface area contributed by atoms with Crippen molar-refractivity contribution in [3.05, 3.63) is 103 Å². The minimum Gasteiger partial charge on any atom is -0.384 e. The number of nitrogens with zero attached hydrogens (tertiary/aromatic N) is 6. The van der Waals surface area contributed by atoms with Crippen molar-refractivity contribution >= 4 is 39.2 Å². The van der Waals surface area contributed by atoms with Gasteiger partial charge in [-0.2, -0.15) is 5.10 Å². The zero-order chi connectivity index (χ0) is 32.5. The predicted molar refractivity (Wildman–Crippen MR) is 177 cm³/mol. The van der Waals surface area contributed by atoms with Crippen LogP contribution in [0, 0.1) is 11.6 Å². The molecular formula is C34H28F2N10O. The molecular weight excluding hydrogens is 602 g/mol. The number of aromatic amines is 2. The van der Waals surface area contributed by atoms with Gasteiger partial charge in [0.1, 0.15) is 17.2 Å². The van der Waals surface area contributed by atoms with E-state index in [-0.39, 0.29) is 22.7 Å². The first-order chi connectivity index (χ1) is 22.8.